The van der Waals surface area contributed by atoms with Crippen molar-refractivity contribution in [3.8, 4) is 11.5 Å². The van der Waals surface area contributed by atoms with E-state index in [1.165, 1.54) is 69.6 Å². The summed E-state index contributed by atoms with van der Waals surface area (Å²) in [4.78, 5) is 11.8. The van der Waals surface area contributed by atoms with E-state index in [2.05, 4.69) is 6.92 Å². The van der Waals surface area contributed by atoms with E-state index in [9.17, 15) is 15.0 Å². The summed E-state index contributed by atoms with van der Waals surface area (Å²) in [5, 5.41) is 18.7. The molecule has 0 aromatic heterocycles. The molecule has 4 heteroatoms. The van der Waals surface area contributed by atoms with Crippen molar-refractivity contribution >= 4 is 12.0 Å². The molecule has 0 bridgehead atoms. The van der Waals surface area contributed by atoms with Gasteiger partial charge in [0.1, 0.15) is 0 Å². The quantitative estimate of drug-likeness (QED) is 0.196. The molecule has 26 heavy (non-hydrogen) atoms. The van der Waals surface area contributed by atoms with Crippen LogP contribution in [0.4, 0.5) is 0 Å². The fraction of sp³-hybridized carbons (Fsp3) is 0.591. The molecule has 1 aromatic rings. The summed E-state index contributed by atoms with van der Waals surface area (Å²) in [6, 6.07) is 4.39. The van der Waals surface area contributed by atoms with Crippen LogP contribution in [0, 0.1) is 0 Å². The zero-order chi connectivity index (χ0) is 19.2. The normalized spacial score (nSPS) is 12.4. The largest absolute Gasteiger partial charge is 0.504 e. The Hall–Kier alpha value is -1.97. The number of carbonyl (C=O) groups is 1. The van der Waals surface area contributed by atoms with E-state index < -0.39 is 0 Å². The minimum Gasteiger partial charge on any atom is -0.504 e. The second-order valence-corrected chi connectivity index (χ2v) is 6.95. The zero-order valence-electron chi connectivity index (χ0n) is 16.2. The Kier molecular flexibility index (Phi) is 11.3. The highest BCUT2D eigenvalue weighted by molar-refractivity contribution is 5.87. The first-order valence-corrected chi connectivity index (χ1v) is 9.93. The molecule has 0 aliphatic carbocycles. The number of rotatable bonds is 13. The van der Waals surface area contributed by atoms with Crippen molar-refractivity contribution in [2.75, 3.05) is 0 Å². The average Bonchev–Trinajstić information content (AvgIpc) is 2.61. The van der Waals surface area contributed by atoms with Crippen molar-refractivity contribution in [1.82, 2.24) is 0 Å². The molecule has 1 aromatic carbocycles. The van der Waals surface area contributed by atoms with Gasteiger partial charge in [0, 0.05) is 6.08 Å². The molecule has 0 amide bonds. The van der Waals surface area contributed by atoms with E-state index in [1.54, 1.807) is 12.1 Å². The third-order valence-corrected chi connectivity index (χ3v) is 4.44. The summed E-state index contributed by atoms with van der Waals surface area (Å²) in [7, 11) is 0. The van der Waals surface area contributed by atoms with E-state index in [4.69, 9.17) is 4.74 Å². The van der Waals surface area contributed by atoms with Gasteiger partial charge in [0.25, 0.3) is 0 Å². The zero-order valence-corrected chi connectivity index (χ0v) is 16.2. The molecule has 0 saturated carbocycles. The number of carbonyl (C=O) groups excluding carboxylic acids is 1. The van der Waals surface area contributed by atoms with Crippen LogP contribution >= 0.6 is 0 Å². The van der Waals surface area contributed by atoms with E-state index in [0.29, 0.717) is 5.56 Å². The highest BCUT2D eigenvalue weighted by atomic mass is 16.5. The molecule has 0 spiro atoms. The van der Waals surface area contributed by atoms with Crippen LogP contribution in [-0.2, 0) is 9.53 Å². The van der Waals surface area contributed by atoms with Gasteiger partial charge < -0.3 is 14.9 Å². The number of unbranched alkanes of at least 4 members (excludes halogenated alkanes) is 8. The lowest BCUT2D eigenvalue weighted by atomic mass is 10.1. The van der Waals surface area contributed by atoms with Gasteiger partial charge in [0.05, 0.1) is 6.10 Å². The molecular weight excluding hydrogens is 328 g/mol. The first-order chi connectivity index (χ1) is 12.5. The lowest BCUT2D eigenvalue weighted by Gasteiger charge is -2.11. The minimum atomic E-state index is -0.388. The van der Waals surface area contributed by atoms with Gasteiger partial charge in [-0.1, -0.05) is 64.4 Å². The molecule has 1 rings (SSSR count). The third-order valence-electron chi connectivity index (χ3n) is 4.44. The summed E-state index contributed by atoms with van der Waals surface area (Å²) in [6.07, 6.45) is 15.2. The van der Waals surface area contributed by atoms with Gasteiger partial charge >= 0.3 is 5.97 Å². The molecule has 2 N–H and O–H groups in total. The predicted octanol–water partition coefficient (Wildman–Crippen LogP) is 5.96. The van der Waals surface area contributed by atoms with Gasteiger partial charge in [0.15, 0.2) is 11.5 Å². The molecular formula is C22H34O4. The predicted molar refractivity (Wildman–Crippen MR) is 106 cm³/mol. The SMILES string of the molecule is CCCCCCCCCCCC(C)OC(=O)/C=C/c1ccc(O)c(O)c1. The number of aromatic hydroxyl groups is 2. The van der Waals surface area contributed by atoms with Gasteiger partial charge in [-0.05, 0) is 43.5 Å². The maximum absolute atomic E-state index is 11.8. The molecule has 0 saturated heterocycles. The first kappa shape index (κ1) is 22.1. The lowest BCUT2D eigenvalue weighted by Crippen LogP contribution is -2.12. The average molecular weight is 363 g/mol. The highest BCUT2D eigenvalue weighted by Gasteiger charge is 2.07. The maximum atomic E-state index is 11.8. The Balaban J connectivity index is 2.12. The van der Waals surface area contributed by atoms with Crippen LogP contribution < -0.4 is 0 Å². The number of ether oxygens (including phenoxy) is 1. The van der Waals surface area contributed by atoms with Crippen LogP contribution in [-0.4, -0.2) is 22.3 Å². The summed E-state index contributed by atoms with van der Waals surface area (Å²) in [6.45, 7) is 4.16. The Labute approximate surface area is 157 Å². The van der Waals surface area contributed by atoms with Gasteiger partial charge in [-0.25, -0.2) is 4.79 Å². The van der Waals surface area contributed by atoms with Crippen LogP contribution in [0.25, 0.3) is 6.08 Å². The second-order valence-electron chi connectivity index (χ2n) is 6.95. The molecule has 0 radical (unpaired) electrons. The van der Waals surface area contributed by atoms with Crippen LogP contribution in [0.2, 0.25) is 0 Å². The third kappa shape index (κ3) is 10.1. The van der Waals surface area contributed by atoms with Gasteiger partial charge in [-0.2, -0.15) is 0 Å². The second kappa shape index (κ2) is 13.3. The Morgan fingerprint density at radius 3 is 2.23 bits per heavy atom. The number of hydrogen-bond donors (Lipinski definition) is 2. The van der Waals surface area contributed by atoms with E-state index in [-0.39, 0.29) is 23.6 Å². The standard InChI is InChI=1S/C22H34O4/c1-3-4-5-6-7-8-9-10-11-12-18(2)26-22(25)16-14-19-13-15-20(23)21(24)17-19/h13-18,23-24H,3-12H2,1-2H3/b16-14+. The van der Waals surface area contributed by atoms with Crippen molar-refractivity contribution in [2.45, 2.75) is 84.2 Å². The maximum Gasteiger partial charge on any atom is 0.331 e. The van der Waals surface area contributed by atoms with Crippen LogP contribution in [0.3, 0.4) is 0 Å². The van der Waals surface area contributed by atoms with Gasteiger partial charge in [-0.15, -0.1) is 0 Å². The van der Waals surface area contributed by atoms with E-state index >= 15 is 0 Å². The van der Waals surface area contributed by atoms with Crippen molar-refractivity contribution < 1.29 is 19.7 Å². The Morgan fingerprint density at radius 1 is 1.00 bits per heavy atom. The summed E-state index contributed by atoms with van der Waals surface area (Å²) in [5.74, 6) is -0.778. The first-order valence-electron chi connectivity index (χ1n) is 9.93. The fourth-order valence-corrected chi connectivity index (χ4v) is 2.85. The molecule has 0 heterocycles. The lowest BCUT2D eigenvalue weighted by molar-refractivity contribution is -0.142. The number of phenols is 2. The molecule has 1 atom stereocenters. The molecule has 0 fully saturated rings. The van der Waals surface area contributed by atoms with E-state index in [1.807, 2.05) is 6.92 Å². The summed E-state index contributed by atoms with van der Waals surface area (Å²) in [5.41, 5.74) is 0.629. The van der Waals surface area contributed by atoms with Gasteiger partial charge in [-0.3, -0.25) is 0 Å². The number of esters is 1. The molecule has 146 valence electrons. The van der Waals surface area contributed by atoms with Crippen molar-refractivity contribution in [1.29, 1.82) is 0 Å². The topological polar surface area (TPSA) is 66.8 Å². The van der Waals surface area contributed by atoms with Crippen molar-refractivity contribution in [2.24, 2.45) is 0 Å². The van der Waals surface area contributed by atoms with Crippen LogP contribution in [0.1, 0.15) is 83.6 Å². The Bertz CT molecular complexity index is 551. The monoisotopic (exact) mass is 362 g/mol. The number of hydrogen-bond acceptors (Lipinski definition) is 4. The number of phenolic OH excluding ortho intramolecular Hbond substituents is 2. The molecule has 0 aliphatic rings. The smallest absolute Gasteiger partial charge is 0.331 e. The number of benzene rings is 1. The molecule has 0 aliphatic heterocycles. The van der Waals surface area contributed by atoms with Crippen molar-refractivity contribution in [3.05, 3.63) is 29.8 Å². The van der Waals surface area contributed by atoms with Gasteiger partial charge in [0.2, 0.25) is 0 Å². The fourth-order valence-electron chi connectivity index (χ4n) is 2.85. The minimum absolute atomic E-state index is 0.0927. The van der Waals surface area contributed by atoms with E-state index in [0.717, 1.165) is 12.8 Å². The summed E-state index contributed by atoms with van der Waals surface area (Å²) < 4.78 is 5.36. The molecule has 4 nitrogen and oxygen atoms in total. The summed E-state index contributed by atoms with van der Waals surface area (Å²) >= 11 is 0. The van der Waals surface area contributed by atoms with Crippen LogP contribution in [0.15, 0.2) is 24.3 Å². The molecule has 1 unspecified atom stereocenters. The highest BCUT2D eigenvalue weighted by Crippen LogP contribution is 2.25. The van der Waals surface area contributed by atoms with Crippen LogP contribution in [0.5, 0.6) is 11.5 Å². The Morgan fingerprint density at radius 2 is 1.62 bits per heavy atom. The van der Waals surface area contributed by atoms with Crippen molar-refractivity contribution in [3.63, 3.8) is 0 Å².